The van der Waals surface area contributed by atoms with Crippen LogP contribution < -0.4 is 0 Å². The molecule has 0 amide bonds. The maximum atomic E-state index is 11.7. The van der Waals surface area contributed by atoms with E-state index in [2.05, 4.69) is 15.0 Å². The minimum atomic E-state index is -0.813. The number of carbonyl (C=O) groups excluding carboxylic acids is 2. The van der Waals surface area contributed by atoms with Crippen LogP contribution in [0.4, 0.5) is 0 Å². The first-order valence-electron chi connectivity index (χ1n) is 5.35. The fourth-order valence-electron chi connectivity index (χ4n) is 1.36. The number of aromatic nitrogens is 3. The van der Waals surface area contributed by atoms with Crippen molar-refractivity contribution in [2.24, 2.45) is 0 Å². The summed E-state index contributed by atoms with van der Waals surface area (Å²) in [5, 5.41) is 7.52. The Balaban J connectivity index is 2.06. The van der Waals surface area contributed by atoms with Crippen molar-refractivity contribution in [3.05, 3.63) is 34.3 Å². The quantitative estimate of drug-likeness (QED) is 0.460. The third-order valence-corrected chi connectivity index (χ3v) is 3.20. The molecule has 0 spiro atoms. The molecule has 0 N–H and O–H groups in total. The third-order valence-electron chi connectivity index (χ3n) is 2.14. The van der Waals surface area contributed by atoms with Gasteiger partial charge in [-0.2, -0.15) is 0 Å². The molecule has 0 saturated carbocycles. The molecule has 0 atom stereocenters. The number of rotatable bonds is 5. The summed E-state index contributed by atoms with van der Waals surface area (Å²) in [5.41, 5.74) is 0. The molecule has 18 heavy (non-hydrogen) atoms. The first kappa shape index (κ1) is 12.4. The Bertz CT molecular complexity index is 548. The molecule has 0 saturated heterocycles. The van der Waals surface area contributed by atoms with E-state index in [0.29, 0.717) is 11.4 Å². The summed E-state index contributed by atoms with van der Waals surface area (Å²) in [6.45, 7) is 2.39. The Morgan fingerprint density at radius 1 is 1.44 bits per heavy atom. The maximum Gasteiger partial charge on any atom is 0.380 e. The zero-order valence-corrected chi connectivity index (χ0v) is 10.5. The van der Waals surface area contributed by atoms with Crippen molar-refractivity contribution in [3.63, 3.8) is 0 Å². The van der Waals surface area contributed by atoms with E-state index in [4.69, 9.17) is 0 Å². The van der Waals surface area contributed by atoms with Crippen molar-refractivity contribution in [1.82, 2.24) is 15.0 Å². The molecule has 7 heteroatoms. The molecule has 0 aliphatic rings. The first-order chi connectivity index (χ1) is 8.70. The summed E-state index contributed by atoms with van der Waals surface area (Å²) in [7, 11) is 0. The summed E-state index contributed by atoms with van der Waals surface area (Å²) in [5.74, 6) is -1.42. The number of carbonyl (C=O) groups is 2. The van der Waals surface area contributed by atoms with Gasteiger partial charge in [0.2, 0.25) is 0 Å². The average molecular weight is 265 g/mol. The van der Waals surface area contributed by atoms with Crippen molar-refractivity contribution in [2.45, 2.75) is 13.5 Å². The number of thiophene rings is 1. The van der Waals surface area contributed by atoms with E-state index in [1.54, 1.807) is 36.1 Å². The molecule has 2 aromatic heterocycles. The Morgan fingerprint density at radius 2 is 2.28 bits per heavy atom. The van der Waals surface area contributed by atoms with Gasteiger partial charge in [-0.15, -0.1) is 16.4 Å². The molecular weight excluding hydrogens is 254 g/mol. The second-order valence-electron chi connectivity index (χ2n) is 3.42. The smallest absolute Gasteiger partial charge is 0.380 e. The number of esters is 1. The van der Waals surface area contributed by atoms with Crippen LogP contribution in [0.15, 0.2) is 24.5 Å². The number of ketones is 1. The Hall–Kier alpha value is -2.02. The molecule has 0 aliphatic heterocycles. The number of ether oxygens (including phenoxy) is 1. The zero-order valence-electron chi connectivity index (χ0n) is 9.70. The molecule has 2 heterocycles. The topological polar surface area (TPSA) is 74.1 Å². The molecule has 0 radical (unpaired) electrons. The lowest BCUT2D eigenvalue weighted by atomic mass is 10.3. The molecule has 2 rings (SSSR count). The van der Waals surface area contributed by atoms with E-state index < -0.39 is 11.8 Å². The Kier molecular flexibility index (Phi) is 3.83. The second-order valence-corrected chi connectivity index (χ2v) is 4.58. The minimum absolute atomic E-state index is 0.196. The van der Waals surface area contributed by atoms with Gasteiger partial charge in [0, 0.05) is 11.1 Å². The fraction of sp³-hybridized carbons (Fsp3) is 0.273. The number of nitrogens with zero attached hydrogens (tertiary/aromatic N) is 3. The van der Waals surface area contributed by atoms with Gasteiger partial charge in [-0.25, -0.2) is 9.48 Å². The van der Waals surface area contributed by atoms with Gasteiger partial charge in [0.05, 0.1) is 24.2 Å². The molecule has 0 aromatic carbocycles. The van der Waals surface area contributed by atoms with Crippen molar-refractivity contribution < 1.29 is 14.3 Å². The lowest BCUT2D eigenvalue weighted by Gasteiger charge is -1.98. The van der Waals surface area contributed by atoms with Gasteiger partial charge in [0.15, 0.2) is 0 Å². The summed E-state index contributed by atoms with van der Waals surface area (Å²) >= 11 is 1.25. The van der Waals surface area contributed by atoms with E-state index in [1.165, 1.54) is 11.3 Å². The van der Waals surface area contributed by atoms with Gasteiger partial charge >= 0.3 is 5.97 Å². The monoisotopic (exact) mass is 265 g/mol. The van der Waals surface area contributed by atoms with Crippen LogP contribution in [-0.4, -0.2) is 33.4 Å². The highest BCUT2D eigenvalue weighted by Crippen LogP contribution is 2.18. The lowest BCUT2D eigenvalue weighted by molar-refractivity contribution is -0.137. The predicted molar refractivity (Wildman–Crippen MR) is 64.4 cm³/mol. The summed E-state index contributed by atoms with van der Waals surface area (Å²) in [6.07, 6.45) is 3.31. The van der Waals surface area contributed by atoms with Gasteiger partial charge in [-0.3, -0.25) is 4.79 Å². The SMILES string of the molecule is CCOC(=O)C(=O)c1ccc(Cn2ccnn2)s1. The highest BCUT2D eigenvalue weighted by molar-refractivity contribution is 7.14. The van der Waals surface area contributed by atoms with Crippen molar-refractivity contribution in [1.29, 1.82) is 0 Å². The van der Waals surface area contributed by atoms with Crippen LogP contribution in [-0.2, 0) is 16.1 Å². The van der Waals surface area contributed by atoms with Crippen LogP contribution in [0.5, 0.6) is 0 Å². The molecule has 94 valence electrons. The maximum absolute atomic E-state index is 11.7. The normalized spacial score (nSPS) is 10.3. The molecule has 0 fully saturated rings. The lowest BCUT2D eigenvalue weighted by Crippen LogP contribution is -2.16. The Morgan fingerprint density at radius 3 is 2.94 bits per heavy atom. The second kappa shape index (κ2) is 5.54. The fourth-order valence-corrected chi connectivity index (χ4v) is 2.29. The third kappa shape index (κ3) is 2.80. The largest absolute Gasteiger partial charge is 0.460 e. The standard InChI is InChI=1S/C11H11N3O3S/c1-2-17-11(16)10(15)9-4-3-8(18-9)7-14-6-5-12-13-14/h3-6H,2,7H2,1H3. The van der Waals surface area contributed by atoms with Gasteiger partial charge in [0.25, 0.3) is 5.78 Å². The molecule has 0 aliphatic carbocycles. The molecule has 6 nitrogen and oxygen atoms in total. The first-order valence-corrected chi connectivity index (χ1v) is 6.16. The average Bonchev–Trinajstić information content (AvgIpc) is 3.00. The number of hydrogen-bond donors (Lipinski definition) is 0. The summed E-state index contributed by atoms with van der Waals surface area (Å²) in [4.78, 5) is 24.2. The van der Waals surface area contributed by atoms with Crippen molar-refractivity contribution in [2.75, 3.05) is 6.61 Å². The molecular formula is C11H11N3O3S. The van der Waals surface area contributed by atoms with Gasteiger partial charge in [-0.1, -0.05) is 5.21 Å². The van der Waals surface area contributed by atoms with Gasteiger partial charge < -0.3 is 4.74 Å². The number of Topliss-reactive ketones (excluding diaryl/α,β-unsaturated/α-hetero) is 1. The highest BCUT2D eigenvalue weighted by Gasteiger charge is 2.19. The van der Waals surface area contributed by atoms with E-state index in [9.17, 15) is 9.59 Å². The predicted octanol–water partition coefficient (Wildman–Crippen LogP) is 1.13. The Labute approximate surface area is 107 Å². The minimum Gasteiger partial charge on any atom is -0.460 e. The van der Waals surface area contributed by atoms with Crippen LogP contribution in [0.3, 0.4) is 0 Å². The van der Waals surface area contributed by atoms with Crippen LogP contribution in [0.25, 0.3) is 0 Å². The van der Waals surface area contributed by atoms with Gasteiger partial charge in [0.1, 0.15) is 0 Å². The van der Waals surface area contributed by atoms with Crippen LogP contribution in [0.2, 0.25) is 0 Å². The molecule has 0 unspecified atom stereocenters. The van der Waals surface area contributed by atoms with E-state index in [0.717, 1.165) is 4.88 Å². The number of hydrogen-bond acceptors (Lipinski definition) is 6. The molecule has 0 bridgehead atoms. The van der Waals surface area contributed by atoms with E-state index in [-0.39, 0.29) is 6.61 Å². The van der Waals surface area contributed by atoms with Crippen LogP contribution in [0, 0.1) is 0 Å². The highest BCUT2D eigenvalue weighted by atomic mass is 32.1. The van der Waals surface area contributed by atoms with Gasteiger partial charge in [-0.05, 0) is 19.1 Å². The van der Waals surface area contributed by atoms with E-state index in [1.807, 2.05) is 0 Å². The van der Waals surface area contributed by atoms with Crippen molar-refractivity contribution in [3.8, 4) is 0 Å². The summed E-state index contributed by atoms with van der Waals surface area (Å²) < 4.78 is 6.31. The van der Waals surface area contributed by atoms with Crippen molar-refractivity contribution >= 4 is 23.1 Å². The summed E-state index contributed by atoms with van der Waals surface area (Å²) in [6, 6.07) is 3.41. The van der Waals surface area contributed by atoms with Crippen LogP contribution in [0.1, 0.15) is 21.5 Å². The van der Waals surface area contributed by atoms with Crippen LogP contribution >= 0.6 is 11.3 Å². The van der Waals surface area contributed by atoms with E-state index >= 15 is 0 Å². The molecule has 2 aromatic rings. The zero-order chi connectivity index (χ0) is 13.0.